The molecule has 0 fully saturated rings. The molecular formula is C68H50N2. The third-order valence-corrected chi connectivity index (χ3v) is 14.9. The highest BCUT2D eigenvalue weighted by Crippen LogP contribution is 2.55. The first-order valence-corrected chi connectivity index (χ1v) is 24.6. The molecule has 1 atom stereocenters. The van der Waals surface area contributed by atoms with Gasteiger partial charge in [-0.25, -0.2) is 0 Å². The van der Waals surface area contributed by atoms with Crippen molar-refractivity contribution in [3.63, 3.8) is 0 Å². The Morgan fingerprint density at radius 1 is 0.400 bits per heavy atom. The summed E-state index contributed by atoms with van der Waals surface area (Å²) in [5, 5.41) is 2.53. The van der Waals surface area contributed by atoms with Gasteiger partial charge in [-0.3, -0.25) is 0 Å². The molecule has 0 radical (unpaired) electrons. The lowest BCUT2D eigenvalue weighted by Gasteiger charge is -2.32. The summed E-state index contributed by atoms with van der Waals surface area (Å²) in [7, 11) is 0. The summed E-state index contributed by atoms with van der Waals surface area (Å²) in [5.41, 5.74) is 22.7. The van der Waals surface area contributed by atoms with Gasteiger partial charge in [0.15, 0.2) is 0 Å². The zero-order chi connectivity index (χ0) is 46.6. The summed E-state index contributed by atoms with van der Waals surface area (Å²) in [6, 6.07) is 89.6. The van der Waals surface area contributed by atoms with Crippen LogP contribution >= 0.6 is 0 Å². The largest absolute Gasteiger partial charge is 0.310 e. The highest BCUT2D eigenvalue weighted by molar-refractivity contribution is 6.15. The normalized spacial score (nSPS) is 14.9. The molecule has 13 rings (SSSR count). The lowest BCUT2D eigenvalue weighted by molar-refractivity contribution is 0.714. The van der Waals surface area contributed by atoms with E-state index in [2.05, 4.69) is 277 Å². The minimum atomic E-state index is -0.355. The van der Waals surface area contributed by atoms with Gasteiger partial charge in [-0.2, -0.15) is 0 Å². The second-order valence-electron chi connectivity index (χ2n) is 18.8. The van der Waals surface area contributed by atoms with Gasteiger partial charge in [0, 0.05) is 44.4 Å². The Hall–Kier alpha value is -8.72. The smallest absolute Gasteiger partial charge is 0.0619 e. The number of benzene rings is 10. The lowest BCUT2D eigenvalue weighted by Crippen LogP contribution is -2.22. The number of para-hydroxylation sites is 3. The van der Waals surface area contributed by atoms with Crippen LogP contribution in [-0.4, -0.2) is 4.57 Å². The minimum absolute atomic E-state index is 0.355. The standard InChI is InChI=1S/C68H50N2/c1-68(49-24-7-3-8-25-49)63-37-18-15-32-58(63)59-45-44-52(46-64(59)68)69(65-38-19-16-33-60(65)57-31-14-13-30-56(57)55-29-12-11-28-53(55)47-22-5-2-6-23-47)51-42-40-48(41-43-51)54-35-21-36-62-61-34-17-20-39-66(61)70(67(54)62)50-26-9-4-10-27-50/h2-3,5-9,11-46H,4,10H2,1H3. The predicted molar refractivity (Wildman–Crippen MR) is 296 cm³/mol. The lowest BCUT2D eigenvalue weighted by atomic mass is 9.74. The van der Waals surface area contributed by atoms with Crippen molar-refractivity contribution in [3.8, 4) is 55.6 Å². The maximum Gasteiger partial charge on any atom is 0.0619 e. The molecule has 70 heavy (non-hydrogen) atoms. The van der Waals surface area contributed by atoms with Crippen LogP contribution in [0.3, 0.4) is 0 Å². The third-order valence-electron chi connectivity index (χ3n) is 14.9. The molecule has 1 unspecified atom stereocenters. The number of anilines is 3. The number of nitrogens with zero attached hydrogens (tertiary/aromatic N) is 2. The summed E-state index contributed by atoms with van der Waals surface area (Å²) in [6.45, 7) is 2.41. The van der Waals surface area contributed by atoms with Gasteiger partial charge in [0.1, 0.15) is 0 Å². The van der Waals surface area contributed by atoms with Crippen molar-refractivity contribution in [1.29, 1.82) is 0 Å². The molecule has 2 heteroatoms. The summed E-state index contributed by atoms with van der Waals surface area (Å²) >= 11 is 0. The van der Waals surface area contributed by atoms with E-state index in [-0.39, 0.29) is 5.41 Å². The van der Waals surface area contributed by atoms with Gasteiger partial charge in [0.05, 0.1) is 16.7 Å². The first-order chi connectivity index (χ1) is 34.6. The van der Waals surface area contributed by atoms with E-state index in [1.165, 1.54) is 94.3 Å². The van der Waals surface area contributed by atoms with Crippen LogP contribution in [0.1, 0.15) is 36.5 Å². The van der Waals surface area contributed by atoms with Crippen LogP contribution in [0.4, 0.5) is 17.1 Å². The van der Waals surface area contributed by atoms with E-state index in [1.54, 1.807) is 0 Å². The molecule has 2 aliphatic carbocycles. The van der Waals surface area contributed by atoms with Gasteiger partial charge in [0.2, 0.25) is 0 Å². The van der Waals surface area contributed by atoms with Crippen LogP contribution in [0, 0.1) is 0 Å². The van der Waals surface area contributed by atoms with Crippen molar-refractivity contribution in [3.05, 3.63) is 278 Å². The topological polar surface area (TPSA) is 8.17 Å². The molecule has 11 aromatic rings. The Bertz CT molecular complexity index is 3840. The second kappa shape index (κ2) is 17.1. The molecule has 0 saturated carbocycles. The quantitative estimate of drug-likeness (QED) is 0.140. The van der Waals surface area contributed by atoms with Crippen molar-refractivity contribution in [1.82, 2.24) is 4.57 Å². The number of fused-ring (bicyclic) bond motifs is 6. The van der Waals surface area contributed by atoms with E-state index in [4.69, 9.17) is 0 Å². The number of hydrogen-bond donors (Lipinski definition) is 0. The van der Waals surface area contributed by atoms with E-state index in [0.29, 0.717) is 0 Å². The van der Waals surface area contributed by atoms with Crippen molar-refractivity contribution in [2.45, 2.75) is 25.2 Å². The van der Waals surface area contributed by atoms with Crippen LogP contribution < -0.4 is 4.90 Å². The van der Waals surface area contributed by atoms with Crippen LogP contribution in [-0.2, 0) is 5.41 Å². The van der Waals surface area contributed by atoms with E-state index >= 15 is 0 Å². The fraction of sp³-hybridized carbons (Fsp3) is 0.0588. The Balaban J connectivity index is 1.02. The first kappa shape index (κ1) is 41.5. The maximum absolute atomic E-state index is 2.49. The van der Waals surface area contributed by atoms with Gasteiger partial charge in [-0.1, -0.05) is 218 Å². The van der Waals surface area contributed by atoms with E-state index < -0.39 is 0 Å². The SMILES string of the molecule is CC1(c2ccccc2)c2ccccc2-c2ccc(N(c3ccc(-c4cccc5c6ccccc6n(C6=CCCC=C6)c45)cc3)c3ccccc3-c3ccccc3-c3ccccc3-c3ccccc3)cc21. The number of allylic oxidation sites excluding steroid dienone is 4. The average molecular weight is 895 g/mol. The molecule has 0 aliphatic heterocycles. The number of rotatable bonds is 9. The molecule has 2 nitrogen and oxygen atoms in total. The molecule has 1 heterocycles. The molecule has 0 saturated heterocycles. The zero-order valence-electron chi connectivity index (χ0n) is 39.1. The van der Waals surface area contributed by atoms with Gasteiger partial charge < -0.3 is 9.47 Å². The zero-order valence-corrected chi connectivity index (χ0v) is 39.1. The van der Waals surface area contributed by atoms with Gasteiger partial charge >= 0.3 is 0 Å². The molecule has 2 aliphatic rings. The van der Waals surface area contributed by atoms with E-state index in [1.807, 2.05) is 0 Å². The summed E-state index contributed by atoms with van der Waals surface area (Å²) in [5.74, 6) is 0. The van der Waals surface area contributed by atoms with Crippen LogP contribution in [0.5, 0.6) is 0 Å². The summed E-state index contributed by atoms with van der Waals surface area (Å²) in [6.07, 6.45) is 9.10. The Morgan fingerprint density at radius 3 is 1.71 bits per heavy atom. The van der Waals surface area contributed by atoms with Gasteiger partial charge in [-0.05, 0) is 123 Å². The Labute approximate surface area is 410 Å². The first-order valence-electron chi connectivity index (χ1n) is 24.6. The summed E-state index contributed by atoms with van der Waals surface area (Å²) in [4.78, 5) is 2.49. The predicted octanol–water partition coefficient (Wildman–Crippen LogP) is 18.5. The van der Waals surface area contributed by atoms with Crippen LogP contribution in [0.15, 0.2) is 261 Å². The highest BCUT2D eigenvalue weighted by atomic mass is 15.1. The monoisotopic (exact) mass is 894 g/mol. The average Bonchev–Trinajstić information content (AvgIpc) is 3.92. The Kier molecular flexibility index (Phi) is 10.1. The van der Waals surface area contributed by atoms with E-state index in [9.17, 15) is 0 Å². The molecule has 0 N–H and O–H groups in total. The molecule has 1 aromatic heterocycles. The number of hydrogen-bond acceptors (Lipinski definition) is 1. The second-order valence-corrected chi connectivity index (χ2v) is 18.8. The van der Waals surface area contributed by atoms with Gasteiger partial charge in [0.25, 0.3) is 0 Å². The highest BCUT2D eigenvalue weighted by Gasteiger charge is 2.41. The fourth-order valence-electron chi connectivity index (χ4n) is 11.6. The minimum Gasteiger partial charge on any atom is -0.310 e. The molecule has 0 amide bonds. The molecule has 0 bridgehead atoms. The Morgan fingerprint density at radius 2 is 0.957 bits per heavy atom. The third kappa shape index (κ3) is 6.71. The van der Waals surface area contributed by atoms with Crippen molar-refractivity contribution >= 4 is 44.6 Å². The van der Waals surface area contributed by atoms with E-state index in [0.717, 1.165) is 35.5 Å². The van der Waals surface area contributed by atoms with Crippen molar-refractivity contribution in [2.24, 2.45) is 0 Å². The van der Waals surface area contributed by atoms with Crippen LogP contribution in [0.2, 0.25) is 0 Å². The van der Waals surface area contributed by atoms with Crippen LogP contribution in [0.25, 0.3) is 83.1 Å². The van der Waals surface area contributed by atoms with Crippen molar-refractivity contribution in [2.75, 3.05) is 4.90 Å². The molecule has 332 valence electrons. The van der Waals surface area contributed by atoms with Gasteiger partial charge in [-0.15, -0.1) is 0 Å². The summed E-state index contributed by atoms with van der Waals surface area (Å²) < 4.78 is 2.48. The molecule has 10 aromatic carbocycles. The molecule has 0 spiro atoms. The fourth-order valence-corrected chi connectivity index (χ4v) is 11.6. The number of aromatic nitrogens is 1. The maximum atomic E-state index is 2.49. The molecular weight excluding hydrogens is 845 g/mol. The van der Waals surface area contributed by atoms with Crippen molar-refractivity contribution < 1.29 is 0 Å².